The van der Waals surface area contributed by atoms with Crippen molar-refractivity contribution in [2.24, 2.45) is 23.5 Å². The Labute approximate surface area is 125 Å². The first-order valence-electron chi connectivity index (χ1n) is 8.46. The number of hydrogen-bond acceptors (Lipinski definition) is 3. The monoisotopic (exact) mass is 282 g/mol. The normalized spacial score (nSPS) is 40.2. The van der Waals surface area contributed by atoms with Gasteiger partial charge in [0.15, 0.2) is 0 Å². The van der Waals surface area contributed by atoms with Crippen LogP contribution in [0.15, 0.2) is 0 Å². The Morgan fingerprint density at radius 1 is 1.35 bits per heavy atom. The average Bonchev–Trinajstić information content (AvgIpc) is 2.41. The minimum Gasteiger partial charge on any atom is -0.377 e. The molecule has 1 aliphatic heterocycles. The highest BCUT2D eigenvalue weighted by Gasteiger charge is 2.35. The van der Waals surface area contributed by atoms with E-state index >= 15 is 0 Å². The van der Waals surface area contributed by atoms with Gasteiger partial charge in [-0.1, -0.05) is 13.8 Å². The Bertz CT molecular complexity index is 307. The van der Waals surface area contributed by atoms with E-state index < -0.39 is 0 Å². The first kappa shape index (κ1) is 16.3. The topological polar surface area (TPSA) is 38.5 Å². The number of nitrogens with two attached hydrogens (primary N) is 1. The van der Waals surface area contributed by atoms with Crippen molar-refractivity contribution < 1.29 is 4.74 Å². The number of piperidine rings is 1. The second kappa shape index (κ2) is 6.76. The molecule has 2 fully saturated rings. The molecule has 2 N–H and O–H groups in total. The SMILES string of the molecule is COC1(C)CCCN(CC2CC(C(C)C)CCC2N)C1. The summed E-state index contributed by atoms with van der Waals surface area (Å²) in [6.07, 6.45) is 6.29. The lowest BCUT2D eigenvalue weighted by Crippen LogP contribution is -2.51. The molecule has 0 spiro atoms. The third-order valence-electron chi connectivity index (χ3n) is 5.75. The summed E-state index contributed by atoms with van der Waals surface area (Å²) in [7, 11) is 1.85. The zero-order chi connectivity index (χ0) is 14.8. The lowest BCUT2D eigenvalue weighted by molar-refractivity contribution is -0.0562. The van der Waals surface area contributed by atoms with Crippen LogP contribution in [0.2, 0.25) is 0 Å². The molecule has 0 aromatic carbocycles. The zero-order valence-corrected chi connectivity index (χ0v) is 13.9. The fourth-order valence-electron chi connectivity index (χ4n) is 4.10. The summed E-state index contributed by atoms with van der Waals surface area (Å²) < 4.78 is 5.71. The quantitative estimate of drug-likeness (QED) is 0.861. The summed E-state index contributed by atoms with van der Waals surface area (Å²) in [5.74, 6) is 2.35. The molecule has 118 valence electrons. The number of methoxy groups -OCH3 is 1. The molecule has 1 heterocycles. The minimum absolute atomic E-state index is 0.0501. The standard InChI is InChI=1S/C17H34N2O/c1-13(2)14-6-7-16(18)15(10-14)11-19-9-5-8-17(3,12-19)20-4/h13-16H,5-12,18H2,1-4H3. The summed E-state index contributed by atoms with van der Waals surface area (Å²) in [6, 6.07) is 0.403. The minimum atomic E-state index is 0.0501. The summed E-state index contributed by atoms with van der Waals surface area (Å²) in [5.41, 5.74) is 6.45. The molecule has 4 atom stereocenters. The van der Waals surface area contributed by atoms with E-state index in [2.05, 4.69) is 25.7 Å². The summed E-state index contributed by atoms with van der Waals surface area (Å²) >= 11 is 0. The molecule has 0 aromatic rings. The summed E-state index contributed by atoms with van der Waals surface area (Å²) in [4.78, 5) is 2.60. The molecular formula is C17H34N2O. The predicted molar refractivity (Wildman–Crippen MR) is 84.7 cm³/mol. The first-order valence-corrected chi connectivity index (χ1v) is 8.46. The number of rotatable bonds is 4. The van der Waals surface area contributed by atoms with E-state index in [1.165, 1.54) is 45.2 Å². The molecule has 1 saturated carbocycles. The van der Waals surface area contributed by atoms with E-state index in [4.69, 9.17) is 10.5 Å². The van der Waals surface area contributed by atoms with Gasteiger partial charge in [-0.2, -0.15) is 0 Å². The van der Waals surface area contributed by atoms with Crippen LogP contribution in [0.5, 0.6) is 0 Å². The second-order valence-electron chi connectivity index (χ2n) is 7.73. The Kier molecular flexibility index (Phi) is 5.49. The van der Waals surface area contributed by atoms with Crippen molar-refractivity contribution in [3.8, 4) is 0 Å². The Morgan fingerprint density at radius 3 is 2.75 bits per heavy atom. The van der Waals surface area contributed by atoms with Gasteiger partial charge in [0.1, 0.15) is 0 Å². The van der Waals surface area contributed by atoms with E-state index in [1.54, 1.807) is 0 Å². The third kappa shape index (κ3) is 3.96. The van der Waals surface area contributed by atoms with Crippen LogP contribution in [0.3, 0.4) is 0 Å². The maximum Gasteiger partial charge on any atom is 0.0777 e. The molecule has 2 aliphatic rings. The molecule has 0 aromatic heterocycles. The smallest absolute Gasteiger partial charge is 0.0777 e. The molecule has 0 radical (unpaired) electrons. The van der Waals surface area contributed by atoms with Crippen molar-refractivity contribution in [2.75, 3.05) is 26.7 Å². The van der Waals surface area contributed by atoms with Crippen molar-refractivity contribution in [1.82, 2.24) is 4.90 Å². The Balaban J connectivity index is 1.90. The van der Waals surface area contributed by atoms with Gasteiger partial charge in [-0.25, -0.2) is 0 Å². The highest BCUT2D eigenvalue weighted by atomic mass is 16.5. The van der Waals surface area contributed by atoms with Gasteiger partial charge in [0.25, 0.3) is 0 Å². The fraction of sp³-hybridized carbons (Fsp3) is 1.00. The molecule has 20 heavy (non-hydrogen) atoms. The highest BCUT2D eigenvalue weighted by Crippen LogP contribution is 2.34. The largest absolute Gasteiger partial charge is 0.377 e. The van der Waals surface area contributed by atoms with E-state index in [0.717, 1.165) is 18.4 Å². The van der Waals surface area contributed by atoms with Crippen molar-refractivity contribution >= 4 is 0 Å². The lowest BCUT2D eigenvalue weighted by Gasteiger charge is -2.43. The maximum absolute atomic E-state index is 6.40. The van der Waals surface area contributed by atoms with Crippen LogP contribution in [-0.2, 0) is 4.74 Å². The average molecular weight is 282 g/mol. The predicted octanol–water partition coefficient (Wildman–Crippen LogP) is 2.89. The molecule has 4 unspecified atom stereocenters. The second-order valence-corrected chi connectivity index (χ2v) is 7.73. The maximum atomic E-state index is 6.40. The van der Waals surface area contributed by atoms with Crippen LogP contribution < -0.4 is 5.73 Å². The van der Waals surface area contributed by atoms with Gasteiger partial charge in [-0.05, 0) is 63.3 Å². The molecule has 2 rings (SSSR count). The van der Waals surface area contributed by atoms with Gasteiger partial charge < -0.3 is 15.4 Å². The zero-order valence-electron chi connectivity index (χ0n) is 13.9. The molecule has 1 saturated heterocycles. The van der Waals surface area contributed by atoms with Crippen LogP contribution in [0.25, 0.3) is 0 Å². The van der Waals surface area contributed by atoms with Crippen LogP contribution in [-0.4, -0.2) is 43.3 Å². The van der Waals surface area contributed by atoms with E-state index in [9.17, 15) is 0 Å². The molecule has 0 amide bonds. The molecule has 3 nitrogen and oxygen atoms in total. The van der Waals surface area contributed by atoms with Gasteiger partial charge in [-0.3, -0.25) is 0 Å². The fourth-order valence-corrected chi connectivity index (χ4v) is 4.10. The van der Waals surface area contributed by atoms with Crippen molar-refractivity contribution in [2.45, 2.75) is 64.5 Å². The van der Waals surface area contributed by atoms with Crippen LogP contribution in [0.4, 0.5) is 0 Å². The van der Waals surface area contributed by atoms with Gasteiger partial charge in [0, 0.05) is 26.2 Å². The Hall–Kier alpha value is -0.120. The van der Waals surface area contributed by atoms with E-state index in [0.29, 0.717) is 12.0 Å². The molecule has 1 aliphatic carbocycles. The van der Waals surface area contributed by atoms with E-state index in [-0.39, 0.29) is 5.60 Å². The number of hydrogen-bond donors (Lipinski definition) is 1. The summed E-state index contributed by atoms with van der Waals surface area (Å²) in [6.45, 7) is 10.4. The van der Waals surface area contributed by atoms with Crippen molar-refractivity contribution in [3.63, 3.8) is 0 Å². The van der Waals surface area contributed by atoms with Gasteiger partial charge in [-0.15, -0.1) is 0 Å². The van der Waals surface area contributed by atoms with Crippen LogP contribution in [0.1, 0.15) is 52.9 Å². The van der Waals surface area contributed by atoms with Gasteiger partial charge in [0.05, 0.1) is 5.60 Å². The lowest BCUT2D eigenvalue weighted by atomic mass is 9.73. The van der Waals surface area contributed by atoms with Crippen LogP contribution >= 0.6 is 0 Å². The Morgan fingerprint density at radius 2 is 2.10 bits per heavy atom. The molecule has 0 bridgehead atoms. The number of nitrogens with zero attached hydrogens (tertiary/aromatic N) is 1. The van der Waals surface area contributed by atoms with Crippen LogP contribution in [0, 0.1) is 17.8 Å². The third-order valence-corrected chi connectivity index (χ3v) is 5.75. The highest BCUT2D eigenvalue weighted by molar-refractivity contribution is 4.89. The molecule has 3 heteroatoms. The number of ether oxygens (including phenoxy) is 1. The van der Waals surface area contributed by atoms with Crippen molar-refractivity contribution in [3.05, 3.63) is 0 Å². The van der Waals surface area contributed by atoms with Gasteiger partial charge >= 0.3 is 0 Å². The van der Waals surface area contributed by atoms with E-state index in [1.807, 2.05) is 7.11 Å². The first-order chi connectivity index (χ1) is 9.43. The van der Waals surface area contributed by atoms with Crippen molar-refractivity contribution in [1.29, 1.82) is 0 Å². The molecular weight excluding hydrogens is 248 g/mol. The number of likely N-dealkylation sites (tertiary alicyclic amines) is 1. The van der Waals surface area contributed by atoms with Gasteiger partial charge in [0.2, 0.25) is 0 Å². The summed E-state index contributed by atoms with van der Waals surface area (Å²) in [5, 5.41) is 0.